The molecular formula is C28H30N4O2. The van der Waals surface area contributed by atoms with Gasteiger partial charge in [-0.1, -0.05) is 61.5 Å². The Kier molecular flexibility index (Phi) is 7.44. The number of nitrogens with zero attached hydrogens (tertiary/aromatic N) is 3. The normalized spacial score (nSPS) is 13.9. The fourth-order valence-electron chi connectivity index (χ4n) is 4.41. The average molecular weight is 455 g/mol. The molecule has 4 rings (SSSR count). The van der Waals surface area contributed by atoms with E-state index in [0.29, 0.717) is 11.5 Å². The number of rotatable bonds is 8. The van der Waals surface area contributed by atoms with Gasteiger partial charge in [0.15, 0.2) is 6.61 Å². The van der Waals surface area contributed by atoms with Crippen LogP contribution in [-0.4, -0.2) is 30.6 Å². The summed E-state index contributed by atoms with van der Waals surface area (Å²) in [7, 11) is 0. The number of aryl methyl sites for hydroxylation is 2. The van der Waals surface area contributed by atoms with Crippen LogP contribution in [0.3, 0.4) is 0 Å². The molecule has 2 aromatic carbocycles. The number of carbonyl (C=O) groups excluding carboxylic acids is 1. The van der Waals surface area contributed by atoms with E-state index in [2.05, 4.69) is 54.3 Å². The predicted octanol–water partition coefficient (Wildman–Crippen LogP) is 4.51. The number of hydrogen-bond acceptors (Lipinski definition) is 5. The summed E-state index contributed by atoms with van der Waals surface area (Å²) in [6, 6.07) is 22.8. The molecule has 2 N–H and O–H groups in total. The second-order valence-electron chi connectivity index (χ2n) is 8.89. The first-order valence-electron chi connectivity index (χ1n) is 11.8. The van der Waals surface area contributed by atoms with Gasteiger partial charge >= 0.3 is 0 Å². The van der Waals surface area contributed by atoms with E-state index in [0.717, 1.165) is 55.7 Å². The highest BCUT2D eigenvalue weighted by Crippen LogP contribution is 2.35. The number of primary amides is 1. The van der Waals surface area contributed by atoms with Gasteiger partial charge in [0.2, 0.25) is 5.88 Å². The van der Waals surface area contributed by atoms with Gasteiger partial charge in [-0.2, -0.15) is 5.26 Å². The fraction of sp³-hybridized carbons (Fsp3) is 0.321. The zero-order valence-electron chi connectivity index (χ0n) is 19.5. The number of pyridine rings is 1. The molecule has 0 bridgehead atoms. The lowest BCUT2D eigenvalue weighted by Crippen LogP contribution is -2.33. The smallest absolute Gasteiger partial charge is 0.255 e. The van der Waals surface area contributed by atoms with Crippen LogP contribution in [0.4, 0.5) is 5.69 Å². The molecule has 0 radical (unpaired) electrons. The summed E-state index contributed by atoms with van der Waals surface area (Å²) >= 11 is 0. The molecule has 1 aliphatic rings. The fourth-order valence-corrected chi connectivity index (χ4v) is 4.41. The third-order valence-corrected chi connectivity index (χ3v) is 6.37. The van der Waals surface area contributed by atoms with E-state index < -0.39 is 5.91 Å². The van der Waals surface area contributed by atoms with Gasteiger partial charge < -0.3 is 15.4 Å². The van der Waals surface area contributed by atoms with Gasteiger partial charge in [-0.3, -0.25) is 4.79 Å². The van der Waals surface area contributed by atoms with Crippen LogP contribution in [0.2, 0.25) is 0 Å². The molecule has 34 heavy (non-hydrogen) atoms. The van der Waals surface area contributed by atoms with E-state index >= 15 is 0 Å². The first-order valence-corrected chi connectivity index (χ1v) is 11.8. The SMILES string of the molecule is CC1CCN(c2cc(-c3ccccc3CCc3ccccc3)nc(OCC(N)=O)c2C#N)CC1. The molecule has 1 amide bonds. The second kappa shape index (κ2) is 10.8. The second-order valence-corrected chi connectivity index (χ2v) is 8.89. The Bertz CT molecular complexity index is 1180. The Labute approximate surface area is 201 Å². The Morgan fingerprint density at radius 3 is 2.53 bits per heavy atom. The first-order chi connectivity index (χ1) is 16.5. The molecule has 1 saturated heterocycles. The van der Waals surface area contributed by atoms with Gasteiger partial charge in [0, 0.05) is 18.7 Å². The van der Waals surface area contributed by atoms with Gasteiger partial charge in [-0.15, -0.1) is 0 Å². The van der Waals surface area contributed by atoms with E-state index in [1.807, 2.05) is 24.3 Å². The number of ether oxygens (including phenoxy) is 1. The molecule has 0 aliphatic carbocycles. The molecule has 1 aromatic heterocycles. The van der Waals surface area contributed by atoms with Gasteiger partial charge in [-0.25, -0.2) is 4.98 Å². The largest absolute Gasteiger partial charge is 0.467 e. The van der Waals surface area contributed by atoms with Crippen molar-refractivity contribution in [3.63, 3.8) is 0 Å². The zero-order chi connectivity index (χ0) is 23.9. The van der Waals surface area contributed by atoms with E-state index in [9.17, 15) is 10.1 Å². The maximum Gasteiger partial charge on any atom is 0.255 e. The average Bonchev–Trinajstić information content (AvgIpc) is 2.87. The molecule has 1 fully saturated rings. The van der Waals surface area contributed by atoms with E-state index in [-0.39, 0.29) is 12.5 Å². The number of nitriles is 1. The minimum absolute atomic E-state index is 0.158. The minimum Gasteiger partial charge on any atom is -0.467 e. The van der Waals surface area contributed by atoms with Crippen LogP contribution in [0.5, 0.6) is 5.88 Å². The highest BCUT2D eigenvalue weighted by atomic mass is 16.5. The van der Waals surface area contributed by atoms with Crippen LogP contribution in [0.15, 0.2) is 60.7 Å². The zero-order valence-corrected chi connectivity index (χ0v) is 19.5. The molecule has 174 valence electrons. The molecule has 6 nitrogen and oxygen atoms in total. The summed E-state index contributed by atoms with van der Waals surface area (Å²) in [5.74, 6) is 0.213. The molecule has 0 atom stereocenters. The number of nitrogens with two attached hydrogens (primary N) is 1. The highest BCUT2D eigenvalue weighted by molar-refractivity contribution is 5.77. The van der Waals surface area contributed by atoms with Crippen molar-refractivity contribution < 1.29 is 9.53 Å². The van der Waals surface area contributed by atoms with Crippen molar-refractivity contribution in [3.05, 3.63) is 77.4 Å². The van der Waals surface area contributed by atoms with Crippen LogP contribution in [0.1, 0.15) is 36.5 Å². The van der Waals surface area contributed by atoms with Crippen LogP contribution >= 0.6 is 0 Å². The van der Waals surface area contributed by atoms with Crippen molar-refractivity contribution >= 4 is 11.6 Å². The summed E-state index contributed by atoms with van der Waals surface area (Å²) in [6.07, 6.45) is 3.90. The summed E-state index contributed by atoms with van der Waals surface area (Å²) in [5, 5.41) is 9.96. The summed E-state index contributed by atoms with van der Waals surface area (Å²) in [4.78, 5) is 18.3. The molecular weight excluding hydrogens is 424 g/mol. The predicted molar refractivity (Wildman–Crippen MR) is 134 cm³/mol. The maximum absolute atomic E-state index is 11.4. The van der Waals surface area contributed by atoms with Crippen molar-refractivity contribution in [2.45, 2.75) is 32.6 Å². The molecule has 1 aliphatic heterocycles. The van der Waals surface area contributed by atoms with Gasteiger partial charge in [-0.05, 0) is 48.8 Å². The Morgan fingerprint density at radius 2 is 1.82 bits per heavy atom. The third kappa shape index (κ3) is 5.55. The quantitative estimate of drug-likeness (QED) is 0.541. The summed E-state index contributed by atoms with van der Waals surface area (Å²) in [5.41, 5.74) is 10.6. The maximum atomic E-state index is 11.4. The van der Waals surface area contributed by atoms with Crippen molar-refractivity contribution in [3.8, 4) is 23.2 Å². The third-order valence-electron chi connectivity index (χ3n) is 6.37. The lowest BCUT2D eigenvalue weighted by atomic mass is 9.96. The van der Waals surface area contributed by atoms with Crippen molar-refractivity contribution in [2.24, 2.45) is 11.7 Å². The lowest BCUT2D eigenvalue weighted by Gasteiger charge is -2.33. The van der Waals surface area contributed by atoms with Crippen LogP contribution < -0.4 is 15.4 Å². The number of benzene rings is 2. The summed E-state index contributed by atoms with van der Waals surface area (Å²) in [6.45, 7) is 3.66. The molecule has 0 unspecified atom stereocenters. The van der Waals surface area contributed by atoms with E-state index in [1.54, 1.807) is 0 Å². The van der Waals surface area contributed by atoms with Crippen molar-refractivity contribution in [1.29, 1.82) is 5.26 Å². The first kappa shape index (κ1) is 23.3. The number of anilines is 1. The monoisotopic (exact) mass is 454 g/mol. The number of hydrogen-bond donors (Lipinski definition) is 1. The topological polar surface area (TPSA) is 92.2 Å². The van der Waals surface area contributed by atoms with Gasteiger partial charge in [0.05, 0.1) is 11.4 Å². The van der Waals surface area contributed by atoms with Gasteiger partial charge in [0.1, 0.15) is 11.6 Å². The number of aromatic nitrogens is 1. The minimum atomic E-state index is -0.604. The van der Waals surface area contributed by atoms with Crippen LogP contribution in [0, 0.1) is 17.2 Å². The molecule has 2 heterocycles. The van der Waals surface area contributed by atoms with E-state index in [1.165, 1.54) is 11.1 Å². The van der Waals surface area contributed by atoms with Crippen molar-refractivity contribution in [1.82, 2.24) is 4.98 Å². The Hall–Kier alpha value is -3.85. The molecule has 3 aromatic rings. The Morgan fingerprint density at radius 1 is 1.12 bits per heavy atom. The van der Waals surface area contributed by atoms with Gasteiger partial charge in [0.25, 0.3) is 5.91 Å². The molecule has 6 heteroatoms. The van der Waals surface area contributed by atoms with Crippen LogP contribution in [-0.2, 0) is 17.6 Å². The van der Waals surface area contributed by atoms with E-state index in [4.69, 9.17) is 15.5 Å². The number of carbonyl (C=O) groups is 1. The highest BCUT2D eigenvalue weighted by Gasteiger charge is 2.24. The standard InChI is InChI=1S/C28H30N4O2/c1-20-13-15-32(16-14-20)26-17-25(31-28(24(26)18-29)34-19-27(30)33)23-10-6-5-9-22(23)12-11-21-7-3-2-4-8-21/h2-10,17,20H,11-16,19H2,1H3,(H2,30,33). The van der Waals surface area contributed by atoms with Crippen molar-refractivity contribution in [2.75, 3.05) is 24.6 Å². The number of piperidine rings is 1. The molecule has 0 saturated carbocycles. The number of amides is 1. The summed E-state index contributed by atoms with van der Waals surface area (Å²) < 4.78 is 5.64. The molecule has 0 spiro atoms. The Balaban J connectivity index is 1.74. The lowest BCUT2D eigenvalue weighted by molar-refractivity contribution is -0.120. The van der Waals surface area contributed by atoms with Crippen LogP contribution in [0.25, 0.3) is 11.3 Å².